The van der Waals surface area contributed by atoms with Crippen LogP contribution in [0.1, 0.15) is 11.3 Å². The molecule has 0 aliphatic carbocycles. The highest BCUT2D eigenvalue weighted by molar-refractivity contribution is 6.35. The minimum absolute atomic E-state index is 0.621. The lowest BCUT2D eigenvalue weighted by atomic mass is 10.1. The molecular weight excluding hydrogens is 236 g/mol. The SMILES string of the molecule is COc1ccc(Cl)c2c1c(CCN)c(C)n2C. The van der Waals surface area contributed by atoms with E-state index in [-0.39, 0.29) is 0 Å². The lowest BCUT2D eigenvalue weighted by molar-refractivity contribution is 0.419. The van der Waals surface area contributed by atoms with Crippen molar-refractivity contribution < 1.29 is 4.74 Å². The third kappa shape index (κ3) is 1.79. The van der Waals surface area contributed by atoms with Gasteiger partial charge in [0.05, 0.1) is 17.6 Å². The zero-order chi connectivity index (χ0) is 12.6. The molecule has 0 saturated heterocycles. The second-order valence-electron chi connectivity index (χ2n) is 4.13. The maximum Gasteiger partial charge on any atom is 0.128 e. The molecule has 0 radical (unpaired) electrons. The number of rotatable bonds is 3. The van der Waals surface area contributed by atoms with Crippen LogP contribution in [-0.2, 0) is 13.5 Å². The molecule has 1 heterocycles. The van der Waals surface area contributed by atoms with Gasteiger partial charge in [0.25, 0.3) is 0 Å². The number of fused-ring (bicyclic) bond motifs is 1. The molecule has 3 nitrogen and oxygen atoms in total. The molecule has 92 valence electrons. The number of nitrogens with two attached hydrogens (primary N) is 1. The molecule has 2 rings (SSSR count). The third-order valence-corrected chi connectivity index (χ3v) is 3.59. The normalized spacial score (nSPS) is 11.1. The molecule has 0 saturated carbocycles. The Balaban J connectivity index is 2.88. The van der Waals surface area contributed by atoms with Crippen LogP contribution in [-0.4, -0.2) is 18.2 Å². The van der Waals surface area contributed by atoms with Crippen LogP contribution in [0.25, 0.3) is 10.9 Å². The Labute approximate surface area is 106 Å². The van der Waals surface area contributed by atoms with Gasteiger partial charge in [0.2, 0.25) is 0 Å². The minimum Gasteiger partial charge on any atom is -0.496 e. The van der Waals surface area contributed by atoms with E-state index < -0.39 is 0 Å². The number of hydrogen-bond acceptors (Lipinski definition) is 2. The second kappa shape index (κ2) is 4.59. The molecule has 0 aliphatic rings. The van der Waals surface area contributed by atoms with Gasteiger partial charge in [0.1, 0.15) is 5.75 Å². The predicted molar refractivity (Wildman–Crippen MR) is 72.0 cm³/mol. The molecule has 4 heteroatoms. The zero-order valence-corrected chi connectivity index (χ0v) is 11.1. The van der Waals surface area contributed by atoms with Gasteiger partial charge in [-0.1, -0.05) is 11.6 Å². The lowest BCUT2D eigenvalue weighted by Crippen LogP contribution is -2.04. The average Bonchev–Trinajstić information content (AvgIpc) is 2.57. The van der Waals surface area contributed by atoms with Gasteiger partial charge < -0.3 is 15.0 Å². The second-order valence-corrected chi connectivity index (χ2v) is 4.54. The highest BCUT2D eigenvalue weighted by Gasteiger charge is 2.17. The van der Waals surface area contributed by atoms with E-state index >= 15 is 0 Å². The van der Waals surface area contributed by atoms with E-state index in [1.54, 1.807) is 7.11 Å². The molecule has 0 atom stereocenters. The van der Waals surface area contributed by atoms with Crippen LogP contribution in [0.5, 0.6) is 5.75 Å². The first-order chi connectivity index (χ1) is 8.11. The summed E-state index contributed by atoms with van der Waals surface area (Å²) in [5, 5.41) is 1.83. The molecule has 0 unspecified atom stereocenters. The number of ether oxygens (including phenoxy) is 1. The summed E-state index contributed by atoms with van der Waals surface area (Å²) in [6.07, 6.45) is 0.833. The number of benzene rings is 1. The van der Waals surface area contributed by atoms with E-state index in [1.165, 1.54) is 11.3 Å². The van der Waals surface area contributed by atoms with E-state index in [2.05, 4.69) is 11.5 Å². The van der Waals surface area contributed by atoms with Crippen molar-refractivity contribution in [2.24, 2.45) is 12.8 Å². The number of aromatic nitrogens is 1. The van der Waals surface area contributed by atoms with Crippen molar-refractivity contribution >= 4 is 22.5 Å². The first-order valence-electron chi connectivity index (χ1n) is 5.62. The molecule has 1 aromatic heterocycles. The Hall–Kier alpha value is -1.19. The molecule has 0 spiro atoms. The van der Waals surface area contributed by atoms with Crippen molar-refractivity contribution in [1.82, 2.24) is 4.57 Å². The van der Waals surface area contributed by atoms with E-state index in [0.717, 1.165) is 28.1 Å². The standard InChI is InChI=1S/C13H17ClN2O/c1-8-9(6-7-15)12-11(17-3)5-4-10(14)13(12)16(8)2/h4-5H,6-7,15H2,1-3H3. The van der Waals surface area contributed by atoms with Crippen molar-refractivity contribution in [2.45, 2.75) is 13.3 Å². The smallest absolute Gasteiger partial charge is 0.128 e. The van der Waals surface area contributed by atoms with Crippen molar-refractivity contribution in [3.05, 3.63) is 28.4 Å². The highest BCUT2D eigenvalue weighted by Crippen LogP contribution is 2.37. The summed E-state index contributed by atoms with van der Waals surface area (Å²) in [4.78, 5) is 0. The molecule has 0 aliphatic heterocycles. The summed E-state index contributed by atoms with van der Waals surface area (Å²) in [7, 11) is 3.69. The van der Waals surface area contributed by atoms with Crippen LogP contribution in [0.3, 0.4) is 0 Å². The summed E-state index contributed by atoms with van der Waals surface area (Å²) >= 11 is 6.27. The van der Waals surface area contributed by atoms with E-state index in [1.807, 2.05) is 19.2 Å². The van der Waals surface area contributed by atoms with Gasteiger partial charge in [0, 0.05) is 18.1 Å². The largest absolute Gasteiger partial charge is 0.496 e. The van der Waals surface area contributed by atoms with Gasteiger partial charge in [-0.3, -0.25) is 0 Å². The monoisotopic (exact) mass is 252 g/mol. The number of nitrogens with zero attached hydrogens (tertiary/aromatic N) is 1. The highest BCUT2D eigenvalue weighted by atomic mass is 35.5. The van der Waals surface area contributed by atoms with Gasteiger partial charge in [-0.15, -0.1) is 0 Å². The average molecular weight is 253 g/mol. The van der Waals surface area contributed by atoms with Gasteiger partial charge in [-0.2, -0.15) is 0 Å². The fraction of sp³-hybridized carbons (Fsp3) is 0.385. The van der Waals surface area contributed by atoms with Crippen molar-refractivity contribution in [2.75, 3.05) is 13.7 Å². The van der Waals surface area contributed by atoms with Crippen molar-refractivity contribution in [1.29, 1.82) is 0 Å². The number of methoxy groups -OCH3 is 1. The van der Waals surface area contributed by atoms with Crippen molar-refractivity contribution in [3.8, 4) is 5.75 Å². The number of aryl methyl sites for hydroxylation is 1. The Bertz CT molecular complexity index is 560. The van der Waals surface area contributed by atoms with Crippen LogP contribution >= 0.6 is 11.6 Å². The maximum atomic E-state index is 6.27. The Morgan fingerprint density at radius 2 is 2.12 bits per heavy atom. The first-order valence-corrected chi connectivity index (χ1v) is 6.00. The summed E-state index contributed by atoms with van der Waals surface area (Å²) < 4.78 is 7.53. The minimum atomic E-state index is 0.621. The fourth-order valence-corrected chi connectivity index (χ4v) is 2.62. The Kier molecular flexibility index (Phi) is 3.31. The molecule has 0 bridgehead atoms. The lowest BCUT2D eigenvalue weighted by Gasteiger charge is -2.06. The molecule has 0 fully saturated rings. The Morgan fingerprint density at radius 3 is 2.71 bits per heavy atom. The van der Waals surface area contributed by atoms with Gasteiger partial charge in [-0.25, -0.2) is 0 Å². The Morgan fingerprint density at radius 1 is 1.41 bits per heavy atom. The quantitative estimate of drug-likeness (QED) is 0.912. The topological polar surface area (TPSA) is 40.2 Å². The maximum absolute atomic E-state index is 6.27. The van der Waals surface area contributed by atoms with Crippen LogP contribution < -0.4 is 10.5 Å². The first kappa shape index (κ1) is 12.3. The predicted octanol–water partition coefficient (Wildman–Crippen LogP) is 2.65. The summed E-state index contributed by atoms with van der Waals surface area (Å²) in [6.45, 7) is 2.70. The summed E-state index contributed by atoms with van der Waals surface area (Å²) in [5.74, 6) is 0.858. The van der Waals surface area contributed by atoms with E-state index in [0.29, 0.717) is 6.54 Å². The van der Waals surface area contributed by atoms with E-state index in [4.69, 9.17) is 22.1 Å². The fourth-order valence-electron chi connectivity index (χ4n) is 2.34. The number of halogens is 1. The third-order valence-electron chi connectivity index (χ3n) is 3.28. The molecular formula is C13H17ClN2O. The summed E-state index contributed by atoms with van der Waals surface area (Å²) in [6, 6.07) is 3.78. The molecule has 2 aromatic rings. The van der Waals surface area contributed by atoms with Gasteiger partial charge >= 0.3 is 0 Å². The van der Waals surface area contributed by atoms with Crippen LogP contribution in [0.4, 0.5) is 0 Å². The molecule has 1 aromatic carbocycles. The van der Waals surface area contributed by atoms with Crippen LogP contribution in [0, 0.1) is 6.92 Å². The van der Waals surface area contributed by atoms with E-state index in [9.17, 15) is 0 Å². The van der Waals surface area contributed by atoms with Crippen molar-refractivity contribution in [3.63, 3.8) is 0 Å². The molecule has 2 N–H and O–H groups in total. The number of hydrogen-bond donors (Lipinski definition) is 1. The van der Waals surface area contributed by atoms with Crippen LogP contribution in [0.2, 0.25) is 5.02 Å². The zero-order valence-electron chi connectivity index (χ0n) is 10.4. The van der Waals surface area contributed by atoms with Crippen LogP contribution in [0.15, 0.2) is 12.1 Å². The van der Waals surface area contributed by atoms with Gasteiger partial charge in [0.15, 0.2) is 0 Å². The molecule has 17 heavy (non-hydrogen) atoms. The summed E-state index contributed by atoms with van der Waals surface area (Å²) in [5.41, 5.74) is 9.11. The van der Waals surface area contributed by atoms with Gasteiger partial charge in [-0.05, 0) is 37.6 Å². The molecule has 0 amide bonds.